The highest BCUT2D eigenvalue weighted by molar-refractivity contribution is 5.47. The van der Waals surface area contributed by atoms with Crippen molar-refractivity contribution in [2.75, 3.05) is 12.8 Å². The molecule has 21 heavy (non-hydrogen) atoms. The molecule has 2 aromatic carbocycles. The molecule has 0 radical (unpaired) electrons. The lowest BCUT2D eigenvalue weighted by Crippen LogP contribution is -1.98. The normalized spacial score (nSPS) is 10.8. The average Bonchev–Trinajstić information content (AvgIpc) is 2.42. The first-order valence-corrected chi connectivity index (χ1v) is 6.52. The van der Waals surface area contributed by atoms with E-state index in [1.165, 1.54) is 0 Å². The fourth-order valence-electron chi connectivity index (χ4n) is 2.02. The van der Waals surface area contributed by atoms with E-state index in [4.69, 9.17) is 15.2 Å². The summed E-state index contributed by atoms with van der Waals surface area (Å²) < 4.78 is 38.0. The first-order valence-electron chi connectivity index (χ1n) is 6.52. The highest BCUT2D eigenvalue weighted by Crippen LogP contribution is 2.34. The predicted octanol–water partition coefficient (Wildman–Crippen LogP) is 4.47. The van der Waals surface area contributed by atoms with Gasteiger partial charge in [0.15, 0.2) is 17.4 Å². The van der Waals surface area contributed by atoms with Crippen LogP contribution in [-0.4, -0.2) is 7.11 Å². The molecular weight excluding hydrogens is 276 g/mol. The van der Waals surface area contributed by atoms with E-state index in [0.29, 0.717) is 11.5 Å². The minimum absolute atomic E-state index is 0.00921. The molecule has 0 aromatic heterocycles. The van der Waals surface area contributed by atoms with Crippen molar-refractivity contribution in [2.24, 2.45) is 0 Å². The Morgan fingerprint density at radius 2 is 1.67 bits per heavy atom. The Labute approximate surface area is 122 Å². The quantitative estimate of drug-likeness (QED) is 0.846. The van der Waals surface area contributed by atoms with E-state index in [1.807, 2.05) is 13.8 Å². The number of rotatable bonds is 4. The van der Waals surface area contributed by atoms with Crippen LogP contribution in [0.2, 0.25) is 0 Å². The van der Waals surface area contributed by atoms with E-state index in [0.717, 1.165) is 17.7 Å². The van der Waals surface area contributed by atoms with Gasteiger partial charge in [-0.1, -0.05) is 13.8 Å². The molecular formula is C16H17F2NO2. The third kappa shape index (κ3) is 3.24. The highest BCUT2D eigenvalue weighted by Gasteiger charge is 2.15. The Kier molecular flexibility index (Phi) is 4.31. The number of hydrogen-bond acceptors (Lipinski definition) is 3. The predicted molar refractivity (Wildman–Crippen MR) is 77.9 cm³/mol. The first-order chi connectivity index (χ1) is 9.92. The lowest BCUT2D eigenvalue weighted by atomic mass is 10.0. The minimum Gasteiger partial charge on any atom is -0.496 e. The van der Waals surface area contributed by atoms with Crippen LogP contribution in [0.25, 0.3) is 0 Å². The van der Waals surface area contributed by atoms with Crippen LogP contribution >= 0.6 is 0 Å². The molecule has 112 valence electrons. The number of halogens is 2. The van der Waals surface area contributed by atoms with Crippen LogP contribution in [0.5, 0.6) is 17.2 Å². The van der Waals surface area contributed by atoms with Crippen molar-refractivity contribution in [1.82, 2.24) is 0 Å². The summed E-state index contributed by atoms with van der Waals surface area (Å²) in [6.07, 6.45) is 0. The molecule has 0 heterocycles. The summed E-state index contributed by atoms with van der Waals surface area (Å²) in [7, 11) is 1.57. The molecule has 0 spiro atoms. The van der Waals surface area contributed by atoms with Crippen molar-refractivity contribution in [3.8, 4) is 17.2 Å². The zero-order valence-electron chi connectivity index (χ0n) is 12.1. The molecule has 0 saturated heterocycles. The second kappa shape index (κ2) is 5.99. The van der Waals surface area contributed by atoms with Crippen LogP contribution in [0.4, 0.5) is 14.5 Å². The summed E-state index contributed by atoms with van der Waals surface area (Å²) in [6, 6.07) is 7.05. The molecule has 0 atom stereocenters. The standard InChI is InChI=1S/C16H17F2NO2/c1-9(2)12-8-11(4-5-15(12)20-3)21-16-13(17)6-10(19)7-14(16)18/h4-9H,19H2,1-3H3. The Hall–Kier alpha value is -2.30. The molecule has 5 heteroatoms. The van der Waals surface area contributed by atoms with E-state index < -0.39 is 17.4 Å². The maximum absolute atomic E-state index is 13.7. The molecule has 0 unspecified atom stereocenters. The molecule has 0 amide bonds. The number of hydrogen-bond donors (Lipinski definition) is 1. The van der Waals surface area contributed by atoms with Gasteiger partial charge in [-0.3, -0.25) is 0 Å². The summed E-state index contributed by atoms with van der Waals surface area (Å²) in [5.74, 6) is -0.921. The molecule has 0 saturated carbocycles. The number of ether oxygens (including phenoxy) is 2. The van der Waals surface area contributed by atoms with Gasteiger partial charge in [-0.2, -0.15) is 0 Å². The molecule has 2 rings (SSSR count). The largest absolute Gasteiger partial charge is 0.496 e. The van der Waals surface area contributed by atoms with E-state index in [1.54, 1.807) is 25.3 Å². The second-order valence-corrected chi connectivity index (χ2v) is 4.97. The Bertz CT molecular complexity index is 634. The van der Waals surface area contributed by atoms with E-state index in [9.17, 15) is 8.78 Å². The maximum atomic E-state index is 13.7. The van der Waals surface area contributed by atoms with Crippen LogP contribution in [0.15, 0.2) is 30.3 Å². The SMILES string of the molecule is COc1ccc(Oc2c(F)cc(N)cc2F)cc1C(C)C. The lowest BCUT2D eigenvalue weighted by molar-refractivity contribution is 0.396. The van der Waals surface area contributed by atoms with E-state index in [2.05, 4.69) is 0 Å². The van der Waals surface area contributed by atoms with Gasteiger partial charge in [-0.25, -0.2) is 8.78 Å². The van der Waals surface area contributed by atoms with Crippen molar-refractivity contribution in [3.63, 3.8) is 0 Å². The molecule has 2 N–H and O–H groups in total. The summed E-state index contributed by atoms with van der Waals surface area (Å²) in [5, 5.41) is 0. The van der Waals surface area contributed by atoms with Crippen LogP contribution in [-0.2, 0) is 0 Å². The number of anilines is 1. The smallest absolute Gasteiger partial charge is 0.198 e. The zero-order chi connectivity index (χ0) is 15.6. The van der Waals surface area contributed by atoms with Crippen LogP contribution < -0.4 is 15.2 Å². The molecule has 0 aliphatic carbocycles. The number of benzene rings is 2. The van der Waals surface area contributed by atoms with Crippen molar-refractivity contribution >= 4 is 5.69 Å². The van der Waals surface area contributed by atoms with Crippen molar-refractivity contribution in [1.29, 1.82) is 0 Å². The van der Waals surface area contributed by atoms with Gasteiger partial charge in [0.25, 0.3) is 0 Å². The highest BCUT2D eigenvalue weighted by atomic mass is 19.1. The molecule has 0 aliphatic heterocycles. The van der Waals surface area contributed by atoms with Gasteiger partial charge in [0.1, 0.15) is 11.5 Å². The van der Waals surface area contributed by atoms with E-state index in [-0.39, 0.29) is 11.6 Å². The summed E-state index contributed by atoms with van der Waals surface area (Å²) in [4.78, 5) is 0. The summed E-state index contributed by atoms with van der Waals surface area (Å²) >= 11 is 0. The minimum atomic E-state index is -0.839. The lowest BCUT2D eigenvalue weighted by Gasteiger charge is -2.14. The molecule has 2 aromatic rings. The van der Waals surface area contributed by atoms with Crippen molar-refractivity contribution in [3.05, 3.63) is 47.5 Å². The van der Waals surface area contributed by atoms with Crippen LogP contribution in [0.1, 0.15) is 25.3 Å². The average molecular weight is 293 g/mol. The molecule has 0 fully saturated rings. The summed E-state index contributed by atoms with van der Waals surface area (Å²) in [5.41, 5.74) is 6.28. The van der Waals surface area contributed by atoms with Crippen molar-refractivity contribution in [2.45, 2.75) is 19.8 Å². The topological polar surface area (TPSA) is 44.5 Å². The Morgan fingerprint density at radius 1 is 1.05 bits per heavy atom. The first kappa shape index (κ1) is 15.1. The van der Waals surface area contributed by atoms with Crippen molar-refractivity contribution < 1.29 is 18.3 Å². The Morgan fingerprint density at radius 3 is 2.19 bits per heavy atom. The summed E-state index contributed by atoms with van der Waals surface area (Å²) in [6.45, 7) is 3.98. The van der Waals surface area contributed by atoms with Crippen LogP contribution in [0, 0.1) is 11.6 Å². The van der Waals surface area contributed by atoms with Gasteiger partial charge in [-0.05, 0) is 24.1 Å². The van der Waals surface area contributed by atoms with Gasteiger partial charge in [0.05, 0.1) is 7.11 Å². The second-order valence-electron chi connectivity index (χ2n) is 4.97. The fraction of sp³-hybridized carbons (Fsp3) is 0.250. The van der Waals surface area contributed by atoms with Gasteiger partial charge >= 0.3 is 0 Å². The molecule has 0 bridgehead atoms. The Balaban J connectivity index is 2.39. The fourth-order valence-corrected chi connectivity index (χ4v) is 2.02. The zero-order valence-corrected chi connectivity index (χ0v) is 12.1. The monoisotopic (exact) mass is 293 g/mol. The maximum Gasteiger partial charge on any atom is 0.198 e. The number of nitrogens with two attached hydrogens (primary N) is 1. The number of methoxy groups -OCH3 is 1. The van der Waals surface area contributed by atoms with Gasteiger partial charge < -0.3 is 15.2 Å². The molecule has 3 nitrogen and oxygen atoms in total. The molecule has 0 aliphatic rings. The van der Waals surface area contributed by atoms with Gasteiger partial charge in [0.2, 0.25) is 0 Å². The number of nitrogen functional groups attached to an aromatic ring is 1. The third-order valence-electron chi connectivity index (χ3n) is 3.06. The van der Waals surface area contributed by atoms with Gasteiger partial charge in [0, 0.05) is 23.4 Å². The van der Waals surface area contributed by atoms with E-state index >= 15 is 0 Å². The third-order valence-corrected chi connectivity index (χ3v) is 3.06. The van der Waals surface area contributed by atoms with Crippen LogP contribution in [0.3, 0.4) is 0 Å². The van der Waals surface area contributed by atoms with Gasteiger partial charge in [-0.15, -0.1) is 0 Å².